The Kier molecular flexibility index (Phi) is 7.94. The molecule has 0 bridgehead atoms. The van der Waals surface area contributed by atoms with Crippen LogP contribution < -0.4 is 9.80 Å². The smallest absolute Gasteiger partial charge is 0.264 e. The van der Waals surface area contributed by atoms with Crippen molar-refractivity contribution in [3.05, 3.63) is 101 Å². The molecule has 5 atom stereocenters. The van der Waals surface area contributed by atoms with Gasteiger partial charge in [0, 0.05) is 39.7 Å². The Bertz CT molecular complexity index is 2050. The maximum atomic E-state index is 16.3. The third-order valence-electron chi connectivity index (χ3n) is 11.3. The number of anilines is 3. The van der Waals surface area contributed by atoms with Crippen LogP contribution in [0.4, 0.5) is 21.2 Å². The fourth-order valence-corrected chi connectivity index (χ4v) is 11.8. The van der Waals surface area contributed by atoms with Crippen LogP contribution in [0.2, 0.25) is 23.7 Å². The van der Waals surface area contributed by atoms with Gasteiger partial charge >= 0.3 is 0 Å². The maximum absolute atomic E-state index is 16.3. The Balaban J connectivity index is 1.10. The summed E-state index contributed by atoms with van der Waals surface area (Å²) >= 11 is 6.54. The van der Waals surface area contributed by atoms with Crippen molar-refractivity contribution in [1.82, 2.24) is 4.90 Å². The van der Waals surface area contributed by atoms with Crippen molar-refractivity contribution in [2.75, 3.05) is 23.0 Å². The molecule has 0 saturated carbocycles. The monoisotopic (exact) mass is 711 g/mol. The molecule has 1 spiro atoms. The van der Waals surface area contributed by atoms with Gasteiger partial charge in [-0.25, -0.2) is 0 Å². The summed E-state index contributed by atoms with van der Waals surface area (Å²) in [4.78, 5) is 47.0. The minimum atomic E-state index is -3.48. The first kappa shape index (κ1) is 33.1. The number of halogens is 2. The second-order valence-electron chi connectivity index (χ2n) is 14.6. The number of benzene rings is 4. The van der Waals surface area contributed by atoms with Crippen LogP contribution in [0.15, 0.2) is 78.9 Å². The number of carbonyl (C=O) groups is 3. The van der Waals surface area contributed by atoms with Crippen molar-refractivity contribution in [3.63, 3.8) is 0 Å². The Morgan fingerprint density at radius 1 is 1.04 bits per heavy atom. The van der Waals surface area contributed by atoms with Gasteiger partial charge in [0.1, 0.15) is 0 Å². The van der Waals surface area contributed by atoms with E-state index in [0.29, 0.717) is 28.4 Å². The molecule has 4 aliphatic heterocycles. The number of ether oxygens (including phenoxy) is 1. The van der Waals surface area contributed by atoms with Gasteiger partial charge in [0.05, 0.1) is 48.7 Å². The lowest BCUT2D eigenvalue weighted by molar-refractivity contribution is -0.150. The maximum Gasteiger partial charge on any atom is 0.264 e. The van der Waals surface area contributed by atoms with Crippen molar-refractivity contribution in [3.8, 4) is 0 Å². The van der Waals surface area contributed by atoms with Crippen molar-refractivity contribution in [2.45, 2.75) is 69.1 Å². The van der Waals surface area contributed by atoms with Gasteiger partial charge in [-0.1, -0.05) is 54.9 Å². The van der Waals surface area contributed by atoms with Gasteiger partial charge in [-0.2, -0.15) is 0 Å². The summed E-state index contributed by atoms with van der Waals surface area (Å²) in [6, 6.07) is 24.3. The first-order chi connectivity index (χ1) is 23.9. The summed E-state index contributed by atoms with van der Waals surface area (Å²) < 4.78 is 23.1. The third-order valence-corrected chi connectivity index (χ3v) is 14.0. The Labute approximate surface area is 296 Å². The zero-order valence-electron chi connectivity index (χ0n) is 28.2. The standard InChI is InChI=1S/C39H39ClFN3O5Si/c1-23-36(50(2,3)41)33(20-34(46)42-18-6-9-28(42)22-45)49-39(23)30-19-26(40)14-17-31(30)43(38(39)48)21-24-12-15-27(16-13-24)44-32-11-5-8-25-7-4-10-29(35(25)32)37(44)47/h4-5,7-8,10-17,19,23,28,33,36,45H,6,9,18,20-22H2,1-3H3/t23-,28+,33+,36-,39+/m1/s1. The van der Waals surface area contributed by atoms with Crippen LogP contribution in [0.3, 0.4) is 0 Å². The van der Waals surface area contributed by atoms with Crippen LogP contribution in [-0.4, -0.2) is 61.4 Å². The van der Waals surface area contributed by atoms with Crippen LogP contribution >= 0.6 is 11.6 Å². The van der Waals surface area contributed by atoms with E-state index >= 15 is 4.11 Å². The molecule has 1 N–H and O–H groups in total. The van der Waals surface area contributed by atoms with Gasteiger partial charge in [-0.3, -0.25) is 19.3 Å². The molecule has 3 amide bonds. The van der Waals surface area contributed by atoms with Crippen molar-refractivity contribution in [1.29, 1.82) is 0 Å². The molecule has 2 saturated heterocycles. The van der Waals surface area contributed by atoms with E-state index in [0.717, 1.165) is 40.6 Å². The highest BCUT2D eigenvalue weighted by atomic mass is 35.5. The molecule has 50 heavy (non-hydrogen) atoms. The topological polar surface area (TPSA) is 90.4 Å². The van der Waals surface area contributed by atoms with Crippen molar-refractivity contribution < 1.29 is 28.3 Å². The van der Waals surface area contributed by atoms with E-state index < -0.39 is 31.6 Å². The predicted molar refractivity (Wildman–Crippen MR) is 194 cm³/mol. The van der Waals surface area contributed by atoms with Gasteiger partial charge in [0.15, 0.2) is 5.60 Å². The number of likely N-dealkylation sites (tertiary alicyclic amines) is 1. The summed E-state index contributed by atoms with van der Waals surface area (Å²) in [5, 5.41) is 12.2. The second-order valence-corrected chi connectivity index (χ2v) is 18.8. The van der Waals surface area contributed by atoms with Crippen molar-refractivity contribution >= 4 is 65.6 Å². The highest BCUT2D eigenvalue weighted by Crippen LogP contribution is 2.60. The Morgan fingerprint density at radius 2 is 1.78 bits per heavy atom. The highest BCUT2D eigenvalue weighted by molar-refractivity contribution is 6.72. The van der Waals surface area contributed by atoms with Gasteiger partial charge in [0.25, 0.3) is 11.8 Å². The number of fused-ring (bicyclic) bond motifs is 2. The average molecular weight is 712 g/mol. The number of nitrogens with zero attached hydrogens (tertiary/aromatic N) is 3. The van der Waals surface area contributed by atoms with Crippen LogP contribution in [0.5, 0.6) is 0 Å². The summed E-state index contributed by atoms with van der Waals surface area (Å²) in [6.45, 7) is 5.72. The number of hydrogen-bond acceptors (Lipinski definition) is 5. The molecule has 0 radical (unpaired) electrons. The van der Waals surface area contributed by atoms with E-state index in [4.69, 9.17) is 16.3 Å². The molecule has 0 aromatic heterocycles. The molecule has 4 aromatic rings. The summed E-state index contributed by atoms with van der Waals surface area (Å²) in [5.74, 6) is -1.15. The quantitative estimate of drug-likeness (QED) is 0.159. The van der Waals surface area contributed by atoms with E-state index in [-0.39, 0.29) is 43.3 Å². The molecular weight excluding hydrogens is 673 g/mol. The summed E-state index contributed by atoms with van der Waals surface area (Å²) in [5.41, 5.74) is 2.13. The Morgan fingerprint density at radius 3 is 2.50 bits per heavy atom. The molecule has 4 aromatic carbocycles. The lowest BCUT2D eigenvalue weighted by Gasteiger charge is -2.31. The molecular formula is C39H39ClFN3O5Si. The van der Waals surface area contributed by atoms with E-state index in [1.54, 1.807) is 46.0 Å². The highest BCUT2D eigenvalue weighted by Gasteiger charge is 2.67. The molecule has 4 aliphatic rings. The van der Waals surface area contributed by atoms with Gasteiger partial charge < -0.3 is 23.8 Å². The fourth-order valence-electron chi connectivity index (χ4n) is 9.12. The summed E-state index contributed by atoms with van der Waals surface area (Å²) in [7, 11) is -3.48. The van der Waals surface area contributed by atoms with E-state index in [1.165, 1.54) is 0 Å². The van der Waals surface area contributed by atoms with E-state index in [9.17, 15) is 19.5 Å². The van der Waals surface area contributed by atoms with Crippen LogP contribution in [0.1, 0.15) is 47.7 Å². The lowest BCUT2D eigenvalue weighted by atomic mass is 9.82. The number of hydrogen-bond donors (Lipinski definition) is 1. The molecule has 258 valence electrons. The average Bonchev–Trinajstić information content (AvgIpc) is 3.82. The third kappa shape index (κ3) is 4.94. The molecule has 0 aliphatic carbocycles. The number of aliphatic hydroxyl groups excluding tert-OH is 1. The molecule has 11 heteroatoms. The van der Waals surface area contributed by atoms with E-state index in [1.807, 2.05) is 67.6 Å². The molecule has 8 nitrogen and oxygen atoms in total. The molecule has 8 rings (SSSR count). The minimum Gasteiger partial charge on any atom is -0.394 e. The zero-order chi connectivity index (χ0) is 35.1. The van der Waals surface area contributed by atoms with Crippen molar-refractivity contribution in [2.24, 2.45) is 5.92 Å². The number of aliphatic hydroxyl groups is 1. The number of carbonyl (C=O) groups excluding carboxylic acids is 3. The summed E-state index contributed by atoms with van der Waals surface area (Å²) in [6.07, 6.45) is 0.643. The molecule has 0 unspecified atom stereocenters. The SMILES string of the molecule is C[C@@H]1[C@@H]([Si](C)(C)F)[C@H](CC(=O)N2CCC[C@H]2CO)O[C@@]12C(=O)N(Cc1ccc(N3C(=O)c4cccc5cccc3c45)cc1)c1ccc(Cl)cc12. The predicted octanol–water partition coefficient (Wildman–Crippen LogP) is 7.48. The number of amides is 3. The van der Waals surface area contributed by atoms with Gasteiger partial charge in [-0.15, -0.1) is 0 Å². The molecule has 2 fully saturated rings. The van der Waals surface area contributed by atoms with E-state index in [2.05, 4.69) is 0 Å². The number of rotatable bonds is 7. The fraction of sp³-hybridized carbons (Fsp3) is 0.359. The van der Waals surface area contributed by atoms with Crippen LogP contribution in [0.25, 0.3) is 10.8 Å². The minimum absolute atomic E-state index is 0.0644. The van der Waals surface area contributed by atoms with Gasteiger partial charge in [-0.05, 0) is 79.3 Å². The Hall–Kier alpha value is -4.09. The normalized spacial score (nSPS) is 25.8. The first-order valence-corrected chi connectivity index (χ1v) is 20.6. The second kappa shape index (κ2) is 12.0. The lowest BCUT2D eigenvalue weighted by Crippen LogP contribution is -2.45. The van der Waals surface area contributed by atoms with Gasteiger partial charge in [0.2, 0.25) is 14.3 Å². The van der Waals surface area contributed by atoms with Crippen LogP contribution in [-0.2, 0) is 26.5 Å². The zero-order valence-corrected chi connectivity index (χ0v) is 30.0. The molecule has 4 heterocycles. The van der Waals surface area contributed by atoms with Crippen LogP contribution in [0, 0.1) is 5.92 Å². The largest absolute Gasteiger partial charge is 0.394 e. The first-order valence-electron chi connectivity index (χ1n) is 17.3.